The molecule has 1 aromatic carbocycles. The maximum atomic E-state index is 13.3. The molecular formula is C23H26F4N6. The number of halogens is 4. The first-order valence-electron chi connectivity index (χ1n) is 10.5. The summed E-state index contributed by atoms with van der Waals surface area (Å²) >= 11 is 0. The number of alkyl halides is 3. The van der Waals surface area contributed by atoms with E-state index in [9.17, 15) is 17.6 Å². The molecule has 5 N–H and O–H groups in total. The summed E-state index contributed by atoms with van der Waals surface area (Å²) < 4.78 is 54.6. The molecular weight excluding hydrogens is 436 g/mol. The lowest BCUT2D eigenvalue weighted by molar-refractivity contribution is -0.0961. The summed E-state index contributed by atoms with van der Waals surface area (Å²) in [4.78, 5) is 8.58. The standard InChI is InChI=1S/C23H26F4N6/c1-2-3-4-17(15-5-7-18(24)8-6-15)12-33-13-20(31-14-33)19-11-16(9-10-30-19)21(28)22(32-29)23(25,26)27/h5-11,13-14,17,32H,2-4,12,28-29H2,1H3/b22-21-. The maximum absolute atomic E-state index is 13.3. The topological polar surface area (TPSA) is 94.8 Å². The Bertz CT molecular complexity index is 1090. The van der Waals surface area contributed by atoms with Gasteiger partial charge in [0.15, 0.2) is 5.70 Å². The van der Waals surface area contributed by atoms with Gasteiger partial charge in [-0.05, 0) is 36.2 Å². The first-order valence-corrected chi connectivity index (χ1v) is 10.5. The Morgan fingerprint density at radius 3 is 2.48 bits per heavy atom. The minimum absolute atomic E-state index is 0.118. The molecule has 0 saturated heterocycles. The van der Waals surface area contributed by atoms with Crippen LogP contribution in [0, 0.1) is 5.82 Å². The van der Waals surface area contributed by atoms with Crippen molar-refractivity contribution in [3.05, 3.63) is 77.8 Å². The van der Waals surface area contributed by atoms with Gasteiger partial charge in [-0.2, -0.15) is 13.2 Å². The van der Waals surface area contributed by atoms with Crippen molar-refractivity contribution in [3.8, 4) is 11.4 Å². The van der Waals surface area contributed by atoms with Crippen LogP contribution in [0.1, 0.15) is 43.2 Å². The second-order valence-corrected chi connectivity index (χ2v) is 7.71. The van der Waals surface area contributed by atoms with E-state index in [0.29, 0.717) is 17.9 Å². The van der Waals surface area contributed by atoms with Crippen molar-refractivity contribution in [3.63, 3.8) is 0 Å². The van der Waals surface area contributed by atoms with Gasteiger partial charge in [0, 0.05) is 30.4 Å². The molecule has 0 aliphatic carbocycles. The highest BCUT2D eigenvalue weighted by molar-refractivity contribution is 5.69. The van der Waals surface area contributed by atoms with E-state index in [1.807, 2.05) is 4.57 Å². The maximum Gasteiger partial charge on any atom is 0.434 e. The highest BCUT2D eigenvalue weighted by Gasteiger charge is 2.36. The molecule has 3 aromatic rings. The van der Waals surface area contributed by atoms with Crippen molar-refractivity contribution >= 4 is 5.70 Å². The molecule has 176 valence electrons. The SMILES string of the molecule is CCCCC(Cn1cnc(-c2cc(/C(N)=C(/NN)C(F)(F)F)ccn2)c1)c1ccc(F)cc1. The predicted octanol–water partition coefficient (Wildman–Crippen LogP) is 4.71. The zero-order valence-corrected chi connectivity index (χ0v) is 18.1. The van der Waals surface area contributed by atoms with E-state index in [0.717, 1.165) is 24.8 Å². The van der Waals surface area contributed by atoms with Crippen LogP contribution >= 0.6 is 0 Å². The van der Waals surface area contributed by atoms with E-state index < -0.39 is 17.6 Å². The van der Waals surface area contributed by atoms with Gasteiger partial charge in [0.25, 0.3) is 0 Å². The molecule has 6 nitrogen and oxygen atoms in total. The number of hydrogen-bond donors (Lipinski definition) is 3. The van der Waals surface area contributed by atoms with E-state index in [-0.39, 0.29) is 17.3 Å². The number of aromatic nitrogens is 3. The summed E-state index contributed by atoms with van der Waals surface area (Å²) in [5, 5.41) is 0. The highest BCUT2D eigenvalue weighted by atomic mass is 19.4. The van der Waals surface area contributed by atoms with Crippen LogP contribution in [0.2, 0.25) is 0 Å². The molecule has 0 spiro atoms. The molecule has 3 rings (SSSR count). The number of unbranched alkanes of at least 4 members (excludes halogenated alkanes) is 1. The van der Waals surface area contributed by atoms with Crippen LogP contribution < -0.4 is 17.0 Å². The van der Waals surface area contributed by atoms with E-state index in [2.05, 4.69) is 16.9 Å². The number of hydrogen-bond acceptors (Lipinski definition) is 5. The van der Waals surface area contributed by atoms with Gasteiger partial charge >= 0.3 is 6.18 Å². The van der Waals surface area contributed by atoms with E-state index in [1.54, 1.807) is 30.1 Å². The molecule has 0 saturated carbocycles. The molecule has 10 heteroatoms. The van der Waals surface area contributed by atoms with Crippen molar-refractivity contribution in [1.82, 2.24) is 20.0 Å². The minimum Gasteiger partial charge on any atom is -0.397 e. The Balaban J connectivity index is 1.85. The Kier molecular flexibility index (Phi) is 7.70. The molecule has 2 heterocycles. The third-order valence-electron chi connectivity index (χ3n) is 5.34. The average molecular weight is 462 g/mol. The molecule has 0 bridgehead atoms. The van der Waals surface area contributed by atoms with Crippen LogP contribution in [0.4, 0.5) is 17.6 Å². The van der Waals surface area contributed by atoms with E-state index in [1.165, 1.54) is 30.5 Å². The molecule has 1 unspecified atom stereocenters. The van der Waals surface area contributed by atoms with Crippen molar-refractivity contribution in [1.29, 1.82) is 0 Å². The fourth-order valence-corrected chi connectivity index (χ4v) is 3.59. The Labute approximate surface area is 189 Å². The van der Waals surface area contributed by atoms with Gasteiger partial charge in [-0.1, -0.05) is 31.9 Å². The van der Waals surface area contributed by atoms with Gasteiger partial charge in [0.1, 0.15) is 11.5 Å². The normalized spacial score (nSPS) is 13.5. The van der Waals surface area contributed by atoms with Crippen LogP contribution in [-0.4, -0.2) is 20.7 Å². The van der Waals surface area contributed by atoms with Crippen molar-refractivity contribution < 1.29 is 17.6 Å². The van der Waals surface area contributed by atoms with Gasteiger partial charge in [-0.15, -0.1) is 0 Å². The number of imidazole rings is 1. The molecule has 0 amide bonds. The first-order chi connectivity index (χ1) is 15.7. The van der Waals surface area contributed by atoms with Crippen molar-refractivity contribution in [2.45, 2.75) is 44.8 Å². The molecule has 33 heavy (non-hydrogen) atoms. The molecule has 0 radical (unpaired) electrons. The summed E-state index contributed by atoms with van der Waals surface area (Å²) in [6.07, 6.45) is 3.05. The monoisotopic (exact) mass is 462 g/mol. The Morgan fingerprint density at radius 2 is 1.85 bits per heavy atom. The van der Waals surface area contributed by atoms with Crippen molar-refractivity contribution in [2.24, 2.45) is 11.6 Å². The number of pyridine rings is 1. The molecule has 2 aromatic heterocycles. The van der Waals surface area contributed by atoms with Gasteiger partial charge in [-0.3, -0.25) is 10.8 Å². The Morgan fingerprint density at radius 1 is 1.12 bits per heavy atom. The van der Waals surface area contributed by atoms with Gasteiger partial charge in [0.05, 0.1) is 17.7 Å². The number of nitrogens with two attached hydrogens (primary N) is 2. The number of nitrogens with zero attached hydrogens (tertiary/aromatic N) is 3. The van der Waals surface area contributed by atoms with Gasteiger partial charge in [0.2, 0.25) is 0 Å². The van der Waals surface area contributed by atoms with E-state index in [4.69, 9.17) is 11.6 Å². The third kappa shape index (κ3) is 6.10. The lowest BCUT2D eigenvalue weighted by Gasteiger charge is -2.18. The largest absolute Gasteiger partial charge is 0.434 e. The van der Waals surface area contributed by atoms with Crippen LogP contribution in [0.3, 0.4) is 0 Å². The van der Waals surface area contributed by atoms with Crippen molar-refractivity contribution in [2.75, 3.05) is 0 Å². The molecule has 1 atom stereocenters. The van der Waals surface area contributed by atoms with Gasteiger partial charge in [-0.25, -0.2) is 9.37 Å². The summed E-state index contributed by atoms with van der Waals surface area (Å²) in [5.41, 5.74) is 7.59. The first kappa shape index (κ1) is 24.2. The quantitative estimate of drug-likeness (QED) is 0.243. The van der Waals surface area contributed by atoms with Crippen LogP contribution in [0.5, 0.6) is 0 Å². The highest BCUT2D eigenvalue weighted by Crippen LogP contribution is 2.29. The lowest BCUT2D eigenvalue weighted by Crippen LogP contribution is -2.34. The third-order valence-corrected chi connectivity index (χ3v) is 5.34. The number of nitrogens with one attached hydrogen (secondary N) is 1. The zero-order chi connectivity index (χ0) is 24.0. The second kappa shape index (κ2) is 10.5. The number of rotatable bonds is 9. The smallest absolute Gasteiger partial charge is 0.397 e. The molecule has 0 aliphatic heterocycles. The summed E-state index contributed by atoms with van der Waals surface area (Å²) in [7, 11) is 0. The summed E-state index contributed by atoms with van der Waals surface area (Å²) in [6.45, 7) is 2.73. The second-order valence-electron chi connectivity index (χ2n) is 7.71. The fraction of sp³-hybridized carbons (Fsp3) is 0.304. The van der Waals surface area contributed by atoms with Crippen LogP contribution in [-0.2, 0) is 6.54 Å². The number of allylic oxidation sites excluding steroid dienone is 1. The van der Waals surface area contributed by atoms with Crippen LogP contribution in [0.15, 0.2) is 60.8 Å². The lowest BCUT2D eigenvalue weighted by atomic mass is 9.93. The average Bonchev–Trinajstić information content (AvgIpc) is 3.25. The fourth-order valence-electron chi connectivity index (χ4n) is 3.59. The number of hydrazine groups is 1. The molecule has 0 aliphatic rings. The predicted molar refractivity (Wildman–Crippen MR) is 119 cm³/mol. The van der Waals surface area contributed by atoms with E-state index >= 15 is 0 Å². The minimum atomic E-state index is -4.72. The summed E-state index contributed by atoms with van der Waals surface area (Å²) in [6, 6.07) is 9.28. The van der Waals surface area contributed by atoms with Gasteiger partial charge < -0.3 is 15.7 Å². The van der Waals surface area contributed by atoms with Crippen LogP contribution in [0.25, 0.3) is 17.1 Å². The number of benzene rings is 1. The molecule has 0 fully saturated rings. The summed E-state index contributed by atoms with van der Waals surface area (Å²) in [5.74, 6) is 4.91. The zero-order valence-electron chi connectivity index (χ0n) is 18.1. The Hall–Kier alpha value is -3.40.